The lowest BCUT2D eigenvalue weighted by molar-refractivity contribution is 0.129. The smallest absolute Gasteiger partial charge is 0.0976 e. The van der Waals surface area contributed by atoms with Crippen LogP contribution in [-0.2, 0) is 0 Å². The normalized spacial score (nSPS) is 25.1. The molecule has 74 valence electrons. The Labute approximate surface area is 80.7 Å². The quantitative estimate of drug-likeness (QED) is 0.690. The van der Waals surface area contributed by atoms with Gasteiger partial charge in [0.25, 0.3) is 0 Å². The van der Waals surface area contributed by atoms with Crippen LogP contribution in [0.3, 0.4) is 0 Å². The van der Waals surface area contributed by atoms with Crippen LogP contribution in [0, 0.1) is 11.3 Å². The molecule has 1 heterocycles. The summed E-state index contributed by atoms with van der Waals surface area (Å²) in [5.41, 5.74) is 0.155. The summed E-state index contributed by atoms with van der Waals surface area (Å²) in [6.45, 7) is 9.40. The van der Waals surface area contributed by atoms with Gasteiger partial charge in [-0.25, -0.2) is 0 Å². The van der Waals surface area contributed by atoms with Gasteiger partial charge in [-0.2, -0.15) is 5.26 Å². The molecule has 1 atom stereocenters. The van der Waals surface area contributed by atoms with E-state index in [1.54, 1.807) is 0 Å². The number of nitrogens with one attached hydrogen (secondary N) is 1. The number of piperazine rings is 1. The van der Waals surface area contributed by atoms with Crippen molar-refractivity contribution in [2.75, 3.05) is 19.6 Å². The Morgan fingerprint density at radius 1 is 1.62 bits per heavy atom. The summed E-state index contributed by atoms with van der Waals surface area (Å²) in [7, 11) is 0. The predicted octanol–water partition coefficient (Wildman–Crippen LogP) is 0.972. The molecule has 1 rings (SSSR count). The van der Waals surface area contributed by atoms with Gasteiger partial charge in [0, 0.05) is 25.2 Å². The van der Waals surface area contributed by atoms with E-state index in [9.17, 15) is 0 Å². The van der Waals surface area contributed by atoms with Crippen molar-refractivity contribution < 1.29 is 0 Å². The summed E-state index contributed by atoms with van der Waals surface area (Å²) in [5, 5.41) is 12.4. The average Bonchev–Trinajstić information content (AvgIpc) is 2.05. The third kappa shape index (κ3) is 2.68. The molecular formula is C10H19N3. The first-order chi connectivity index (χ1) is 6.09. The first kappa shape index (κ1) is 10.5. The van der Waals surface area contributed by atoms with E-state index in [0.717, 1.165) is 26.1 Å². The van der Waals surface area contributed by atoms with Crippen molar-refractivity contribution in [3.8, 4) is 6.07 Å². The van der Waals surface area contributed by atoms with E-state index in [1.165, 1.54) is 0 Å². The highest BCUT2D eigenvalue weighted by molar-refractivity contribution is 4.97. The molecule has 1 unspecified atom stereocenters. The second-order valence-electron chi connectivity index (χ2n) is 4.33. The van der Waals surface area contributed by atoms with Gasteiger partial charge < -0.3 is 5.32 Å². The molecule has 0 aromatic carbocycles. The Balaban J connectivity index is 2.56. The molecule has 1 N–H and O–H groups in total. The van der Waals surface area contributed by atoms with Gasteiger partial charge in [0.15, 0.2) is 0 Å². The fourth-order valence-corrected chi connectivity index (χ4v) is 1.88. The molecule has 0 saturated carbocycles. The number of hydrogen-bond donors (Lipinski definition) is 1. The van der Waals surface area contributed by atoms with Crippen LogP contribution in [0.2, 0.25) is 0 Å². The number of hydrogen-bond acceptors (Lipinski definition) is 3. The van der Waals surface area contributed by atoms with Crippen molar-refractivity contribution in [2.45, 2.75) is 38.8 Å². The van der Waals surface area contributed by atoms with Crippen LogP contribution in [0.15, 0.2) is 0 Å². The highest BCUT2D eigenvalue weighted by atomic mass is 15.2. The van der Waals surface area contributed by atoms with Gasteiger partial charge in [-0.05, 0) is 20.3 Å². The van der Waals surface area contributed by atoms with E-state index in [1.807, 2.05) is 0 Å². The molecule has 0 aromatic heterocycles. The Hall–Kier alpha value is -0.590. The van der Waals surface area contributed by atoms with Gasteiger partial charge in [0.2, 0.25) is 0 Å². The Kier molecular flexibility index (Phi) is 3.29. The Morgan fingerprint density at radius 2 is 2.31 bits per heavy atom. The van der Waals surface area contributed by atoms with E-state index in [0.29, 0.717) is 0 Å². The summed E-state index contributed by atoms with van der Waals surface area (Å²) < 4.78 is 0. The standard InChI is InChI=1S/C10H19N3/c1-4-9(7-11)13-6-5-12-10(2,3)8-13/h9,12H,4-6,8H2,1-3H3. The highest BCUT2D eigenvalue weighted by Gasteiger charge is 2.29. The van der Waals surface area contributed by atoms with E-state index in [2.05, 4.69) is 37.1 Å². The minimum atomic E-state index is 0.0985. The molecule has 1 saturated heterocycles. The first-order valence-corrected chi connectivity index (χ1v) is 4.98. The molecule has 1 aliphatic heterocycles. The summed E-state index contributed by atoms with van der Waals surface area (Å²) in [6.07, 6.45) is 0.923. The second-order valence-corrected chi connectivity index (χ2v) is 4.33. The number of nitrogens with zero attached hydrogens (tertiary/aromatic N) is 2. The van der Waals surface area contributed by atoms with Crippen molar-refractivity contribution in [3.63, 3.8) is 0 Å². The van der Waals surface area contributed by atoms with Gasteiger partial charge in [-0.15, -0.1) is 0 Å². The lowest BCUT2D eigenvalue weighted by Gasteiger charge is -2.40. The fourth-order valence-electron chi connectivity index (χ4n) is 1.88. The largest absolute Gasteiger partial charge is 0.309 e. The van der Waals surface area contributed by atoms with Crippen LogP contribution in [0.1, 0.15) is 27.2 Å². The average molecular weight is 181 g/mol. The van der Waals surface area contributed by atoms with Crippen molar-refractivity contribution in [2.24, 2.45) is 0 Å². The Morgan fingerprint density at radius 3 is 2.77 bits per heavy atom. The minimum Gasteiger partial charge on any atom is -0.309 e. The van der Waals surface area contributed by atoms with Crippen LogP contribution in [0.5, 0.6) is 0 Å². The first-order valence-electron chi connectivity index (χ1n) is 4.98. The highest BCUT2D eigenvalue weighted by Crippen LogP contribution is 2.14. The zero-order valence-electron chi connectivity index (χ0n) is 8.80. The van der Waals surface area contributed by atoms with E-state index >= 15 is 0 Å². The molecule has 0 bridgehead atoms. The molecule has 0 radical (unpaired) electrons. The van der Waals surface area contributed by atoms with Crippen LogP contribution in [0.25, 0.3) is 0 Å². The fraction of sp³-hybridized carbons (Fsp3) is 0.900. The number of nitriles is 1. The minimum absolute atomic E-state index is 0.0985. The molecule has 0 spiro atoms. The molecular weight excluding hydrogens is 162 g/mol. The van der Waals surface area contributed by atoms with Crippen molar-refractivity contribution in [1.82, 2.24) is 10.2 Å². The van der Waals surface area contributed by atoms with Gasteiger partial charge >= 0.3 is 0 Å². The van der Waals surface area contributed by atoms with Crippen molar-refractivity contribution in [3.05, 3.63) is 0 Å². The molecule has 0 aliphatic carbocycles. The summed E-state index contributed by atoms with van der Waals surface area (Å²) in [6, 6.07) is 2.46. The molecule has 0 aromatic rings. The topological polar surface area (TPSA) is 39.1 Å². The van der Waals surface area contributed by atoms with Gasteiger partial charge in [-0.1, -0.05) is 6.92 Å². The molecule has 0 amide bonds. The molecule has 1 fully saturated rings. The lowest BCUT2D eigenvalue weighted by Crippen LogP contribution is -2.59. The lowest BCUT2D eigenvalue weighted by atomic mass is 10.0. The zero-order chi connectivity index (χ0) is 9.90. The maximum atomic E-state index is 8.94. The maximum Gasteiger partial charge on any atom is 0.0976 e. The predicted molar refractivity (Wildman–Crippen MR) is 53.3 cm³/mol. The second kappa shape index (κ2) is 4.08. The maximum absolute atomic E-state index is 8.94. The van der Waals surface area contributed by atoms with Gasteiger partial charge in [0.05, 0.1) is 12.1 Å². The SMILES string of the molecule is CCC(C#N)N1CCNC(C)(C)C1. The van der Waals surface area contributed by atoms with Crippen LogP contribution in [-0.4, -0.2) is 36.1 Å². The summed E-state index contributed by atoms with van der Waals surface area (Å²) in [4.78, 5) is 2.27. The van der Waals surface area contributed by atoms with Gasteiger partial charge in [-0.3, -0.25) is 4.90 Å². The van der Waals surface area contributed by atoms with Crippen molar-refractivity contribution in [1.29, 1.82) is 5.26 Å². The number of rotatable bonds is 2. The molecule has 3 heteroatoms. The molecule has 1 aliphatic rings. The van der Waals surface area contributed by atoms with E-state index in [-0.39, 0.29) is 11.6 Å². The third-order valence-electron chi connectivity index (χ3n) is 2.58. The zero-order valence-corrected chi connectivity index (χ0v) is 8.80. The molecule has 13 heavy (non-hydrogen) atoms. The molecule has 3 nitrogen and oxygen atoms in total. The van der Waals surface area contributed by atoms with E-state index < -0.39 is 0 Å². The van der Waals surface area contributed by atoms with Crippen LogP contribution < -0.4 is 5.32 Å². The van der Waals surface area contributed by atoms with Crippen LogP contribution in [0.4, 0.5) is 0 Å². The Bertz CT molecular complexity index is 205. The van der Waals surface area contributed by atoms with Gasteiger partial charge in [0.1, 0.15) is 0 Å². The summed E-state index contributed by atoms with van der Waals surface area (Å²) >= 11 is 0. The van der Waals surface area contributed by atoms with E-state index in [4.69, 9.17) is 5.26 Å². The monoisotopic (exact) mass is 181 g/mol. The summed E-state index contributed by atoms with van der Waals surface area (Å²) in [5.74, 6) is 0. The van der Waals surface area contributed by atoms with Crippen LogP contribution >= 0.6 is 0 Å². The third-order valence-corrected chi connectivity index (χ3v) is 2.58. The van der Waals surface area contributed by atoms with Crippen molar-refractivity contribution >= 4 is 0 Å².